The Morgan fingerprint density at radius 2 is 1.39 bits per heavy atom. The fourth-order valence-electron chi connectivity index (χ4n) is 6.11. The van der Waals surface area contributed by atoms with Crippen molar-refractivity contribution in [3.05, 3.63) is 119 Å². The minimum absolute atomic E-state index is 0.0143. The van der Waals surface area contributed by atoms with Gasteiger partial charge in [-0.05, 0) is 41.5 Å². The largest absolute Gasteiger partial charge is 0.392 e. The van der Waals surface area contributed by atoms with E-state index in [-0.39, 0.29) is 30.6 Å². The van der Waals surface area contributed by atoms with Crippen LogP contribution in [-0.2, 0) is 16.1 Å². The number of piperazine rings is 1. The molecule has 2 fully saturated rings. The number of aliphatic hydroxyl groups excluding tert-OH is 1. The van der Waals surface area contributed by atoms with Crippen molar-refractivity contribution in [1.29, 1.82) is 0 Å². The molecule has 7 rings (SSSR count). The second-order valence-electron chi connectivity index (χ2n) is 11.3. The molecular formula is C34H33N5O5. The SMILES string of the molecule is O=C1c2ccccc2C(=O)N1c1ccc([C@H]2O[C@@H](CN3CCN(c4ncccn4)CC3)C[C@@H](c3ccc(CO)cc3)O2)cc1. The lowest BCUT2D eigenvalue weighted by Crippen LogP contribution is -2.50. The average molecular weight is 592 g/mol. The third-order valence-corrected chi connectivity index (χ3v) is 8.50. The van der Waals surface area contributed by atoms with Gasteiger partial charge in [-0.1, -0.05) is 48.5 Å². The van der Waals surface area contributed by atoms with Crippen molar-refractivity contribution >= 4 is 23.5 Å². The van der Waals surface area contributed by atoms with Crippen LogP contribution in [0.2, 0.25) is 0 Å². The highest BCUT2D eigenvalue weighted by molar-refractivity contribution is 6.34. The van der Waals surface area contributed by atoms with Crippen LogP contribution in [0.3, 0.4) is 0 Å². The van der Waals surface area contributed by atoms with Gasteiger partial charge in [0, 0.05) is 57.1 Å². The lowest BCUT2D eigenvalue weighted by atomic mass is 9.99. The van der Waals surface area contributed by atoms with Gasteiger partial charge < -0.3 is 19.5 Å². The summed E-state index contributed by atoms with van der Waals surface area (Å²) in [6, 6.07) is 23.8. The van der Waals surface area contributed by atoms with Crippen molar-refractivity contribution in [1.82, 2.24) is 14.9 Å². The lowest BCUT2D eigenvalue weighted by molar-refractivity contribution is -0.253. The fraction of sp³-hybridized carbons (Fsp3) is 0.294. The summed E-state index contributed by atoms with van der Waals surface area (Å²) in [5, 5.41) is 9.52. The number of carbonyl (C=O) groups excluding carboxylic acids is 2. The summed E-state index contributed by atoms with van der Waals surface area (Å²) in [5.74, 6) is 0.105. The van der Waals surface area contributed by atoms with Crippen LogP contribution < -0.4 is 9.80 Å². The Labute approximate surface area is 255 Å². The van der Waals surface area contributed by atoms with E-state index >= 15 is 0 Å². The molecule has 3 aromatic carbocycles. The molecule has 0 spiro atoms. The number of hydrogen-bond donors (Lipinski definition) is 1. The van der Waals surface area contributed by atoms with E-state index in [1.807, 2.05) is 42.5 Å². The first-order chi connectivity index (χ1) is 21.6. The maximum atomic E-state index is 13.0. The van der Waals surface area contributed by atoms with E-state index in [2.05, 4.69) is 19.8 Å². The molecule has 3 aliphatic heterocycles. The van der Waals surface area contributed by atoms with E-state index in [1.54, 1.807) is 48.8 Å². The van der Waals surface area contributed by atoms with Crippen LogP contribution in [0.1, 0.15) is 56.2 Å². The van der Waals surface area contributed by atoms with Gasteiger partial charge in [-0.15, -0.1) is 0 Å². The van der Waals surface area contributed by atoms with Crippen LogP contribution >= 0.6 is 0 Å². The maximum absolute atomic E-state index is 13.0. The van der Waals surface area contributed by atoms with Crippen molar-refractivity contribution in [2.24, 2.45) is 0 Å². The summed E-state index contributed by atoms with van der Waals surface area (Å²) in [4.78, 5) is 40.6. The Kier molecular flexibility index (Phi) is 7.88. The first-order valence-electron chi connectivity index (χ1n) is 14.9. The van der Waals surface area contributed by atoms with E-state index in [9.17, 15) is 14.7 Å². The van der Waals surface area contributed by atoms with Gasteiger partial charge in [0.15, 0.2) is 6.29 Å². The number of amides is 2. The minimum Gasteiger partial charge on any atom is -0.392 e. The van der Waals surface area contributed by atoms with E-state index < -0.39 is 6.29 Å². The number of rotatable bonds is 7. The molecule has 10 heteroatoms. The van der Waals surface area contributed by atoms with Crippen molar-refractivity contribution in [2.75, 3.05) is 42.5 Å². The first kappa shape index (κ1) is 28.3. The molecule has 3 atom stereocenters. The monoisotopic (exact) mass is 591 g/mol. The predicted molar refractivity (Wildman–Crippen MR) is 163 cm³/mol. The molecule has 3 aliphatic rings. The number of carbonyl (C=O) groups is 2. The summed E-state index contributed by atoms with van der Waals surface area (Å²) in [6.07, 6.45) is 3.29. The molecule has 0 unspecified atom stereocenters. The molecule has 1 N–H and O–H groups in total. The Morgan fingerprint density at radius 3 is 2.02 bits per heavy atom. The molecular weight excluding hydrogens is 558 g/mol. The van der Waals surface area contributed by atoms with Crippen molar-refractivity contribution in [2.45, 2.75) is 31.5 Å². The molecule has 0 saturated carbocycles. The van der Waals surface area contributed by atoms with Gasteiger partial charge in [0.05, 0.1) is 35.6 Å². The summed E-state index contributed by atoms with van der Waals surface area (Å²) in [7, 11) is 0. The number of hydrogen-bond acceptors (Lipinski definition) is 9. The van der Waals surface area contributed by atoms with Crippen LogP contribution in [0.5, 0.6) is 0 Å². The van der Waals surface area contributed by atoms with Crippen LogP contribution in [0.4, 0.5) is 11.6 Å². The first-order valence-corrected chi connectivity index (χ1v) is 14.9. The molecule has 0 aliphatic carbocycles. The van der Waals surface area contributed by atoms with Crippen molar-refractivity contribution < 1.29 is 24.2 Å². The van der Waals surface area contributed by atoms with E-state index in [0.717, 1.165) is 55.4 Å². The summed E-state index contributed by atoms with van der Waals surface area (Å²) in [6.45, 7) is 4.15. The molecule has 44 heavy (non-hydrogen) atoms. The number of imide groups is 1. The van der Waals surface area contributed by atoms with Gasteiger partial charge in [0.1, 0.15) is 0 Å². The molecule has 1 aromatic heterocycles. The topological polar surface area (TPSA) is 108 Å². The molecule has 0 bridgehead atoms. The van der Waals surface area contributed by atoms with Gasteiger partial charge in [0.25, 0.3) is 11.8 Å². The fourth-order valence-corrected chi connectivity index (χ4v) is 6.11. The molecule has 4 heterocycles. The molecule has 2 saturated heterocycles. The number of nitrogens with zero attached hydrogens (tertiary/aromatic N) is 5. The molecule has 4 aromatic rings. The standard InChI is InChI=1S/C34H33N5O5/c40-22-23-6-8-24(9-7-23)30-20-27(21-37-16-18-38(19-17-37)34-35-14-3-15-36-34)43-33(44-30)25-10-12-26(13-11-25)39-31(41)28-4-1-2-5-29(28)32(39)42/h1-15,27,30,33,40H,16-22H2/t27-,30+,33+/m1/s1. The van der Waals surface area contributed by atoms with E-state index in [0.29, 0.717) is 23.2 Å². The zero-order valence-electron chi connectivity index (χ0n) is 24.2. The van der Waals surface area contributed by atoms with Gasteiger partial charge in [-0.2, -0.15) is 0 Å². The smallest absolute Gasteiger partial charge is 0.266 e. The van der Waals surface area contributed by atoms with Gasteiger partial charge in [-0.3, -0.25) is 14.5 Å². The molecule has 0 radical (unpaired) electrons. The number of anilines is 2. The van der Waals surface area contributed by atoms with Crippen LogP contribution in [-0.4, -0.2) is 70.6 Å². The minimum atomic E-state index is -0.633. The highest BCUT2D eigenvalue weighted by Crippen LogP contribution is 2.39. The number of aliphatic hydroxyl groups is 1. The highest BCUT2D eigenvalue weighted by Gasteiger charge is 2.37. The molecule has 10 nitrogen and oxygen atoms in total. The zero-order valence-corrected chi connectivity index (χ0v) is 24.2. The van der Waals surface area contributed by atoms with Crippen molar-refractivity contribution in [3.63, 3.8) is 0 Å². The summed E-state index contributed by atoms with van der Waals surface area (Å²) in [5.41, 5.74) is 4.00. The summed E-state index contributed by atoms with van der Waals surface area (Å²) < 4.78 is 13.1. The zero-order chi connectivity index (χ0) is 30.0. The second-order valence-corrected chi connectivity index (χ2v) is 11.3. The van der Waals surface area contributed by atoms with E-state index in [4.69, 9.17) is 9.47 Å². The Balaban J connectivity index is 1.08. The van der Waals surface area contributed by atoms with Gasteiger partial charge >= 0.3 is 0 Å². The molecule has 2 amide bonds. The normalized spacial score (nSPS) is 22.3. The third kappa shape index (κ3) is 5.60. The van der Waals surface area contributed by atoms with Crippen LogP contribution in [0.15, 0.2) is 91.3 Å². The Hall–Kier alpha value is -4.48. The average Bonchev–Trinajstić information content (AvgIpc) is 3.34. The number of aromatic nitrogens is 2. The second kappa shape index (κ2) is 12.3. The Bertz CT molecular complexity index is 1590. The predicted octanol–water partition coefficient (Wildman–Crippen LogP) is 4.14. The van der Waals surface area contributed by atoms with Gasteiger partial charge in [-0.25, -0.2) is 14.9 Å². The molecule has 224 valence electrons. The lowest BCUT2D eigenvalue weighted by Gasteiger charge is -2.40. The number of ether oxygens (including phenoxy) is 2. The summed E-state index contributed by atoms with van der Waals surface area (Å²) >= 11 is 0. The van der Waals surface area contributed by atoms with Crippen molar-refractivity contribution in [3.8, 4) is 0 Å². The quantitative estimate of drug-likeness (QED) is 0.317. The highest BCUT2D eigenvalue weighted by atomic mass is 16.7. The van der Waals surface area contributed by atoms with Gasteiger partial charge in [0.2, 0.25) is 5.95 Å². The third-order valence-electron chi connectivity index (χ3n) is 8.50. The Morgan fingerprint density at radius 1 is 0.750 bits per heavy atom. The maximum Gasteiger partial charge on any atom is 0.266 e. The van der Waals surface area contributed by atoms with Crippen LogP contribution in [0.25, 0.3) is 0 Å². The van der Waals surface area contributed by atoms with Crippen LogP contribution in [0, 0.1) is 0 Å². The number of fused-ring (bicyclic) bond motifs is 1. The van der Waals surface area contributed by atoms with E-state index in [1.165, 1.54) is 4.90 Å². The number of benzene rings is 3.